The third-order valence-corrected chi connectivity index (χ3v) is 10.1. The van der Waals surface area contributed by atoms with Crippen LogP contribution in [0.3, 0.4) is 0 Å². The molecule has 1 nitrogen and oxygen atoms in total. The van der Waals surface area contributed by atoms with Gasteiger partial charge in [-0.1, -0.05) is 33.6 Å². The van der Waals surface area contributed by atoms with Crippen molar-refractivity contribution in [1.82, 2.24) is 0 Å². The number of fused-ring (bicyclic) bond motifs is 1. The molecule has 1 saturated heterocycles. The summed E-state index contributed by atoms with van der Waals surface area (Å²) in [5, 5.41) is 0. The van der Waals surface area contributed by atoms with Crippen molar-refractivity contribution in [3.8, 4) is 0 Å². The van der Waals surface area contributed by atoms with Crippen LogP contribution in [0.2, 0.25) is 0 Å². The molecule has 1 heterocycles. The second-order valence-electron chi connectivity index (χ2n) is 10.3. The predicted molar refractivity (Wildman–Crippen MR) is 85.1 cm³/mol. The Hall–Kier alpha value is -0.0400. The highest BCUT2D eigenvalue weighted by Crippen LogP contribution is 2.92. The van der Waals surface area contributed by atoms with Gasteiger partial charge in [-0.3, -0.25) is 0 Å². The van der Waals surface area contributed by atoms with Gasteiger partial charge < -0.3 is 4.74 Å². The summed E-state index contributed by atoms with van der Waals surface area (Å²) in [6.45, 7) is 12.8. The van der Waals surface area contributed by atoms with E-state index in [4.69, 9.17) is 4.74 Å². The number of ether oxygens (including phenoxy) is 1. The Bertz CT molecular complexity index is 536. The van der Waals surface area contributed by atoms with Crippen LogP contribution in [0.25, 0.3) is 0 Å². The fourth-order valence-corrected chi connectivity index (χ4v) is 9.51. The van der Waals surface area contributed by atoms with Gasteiger partial charge in [-0.25, -0.2) is 0 Å². The Morgan fingerprint density at radius 2 is 1.57 bits per heavy atom. The van der Waals surface area contributed by atoms with E-state index in [1.54, 1.807) is 0 Å². The largest absolute Gasteiger partial charge is 0.362 e. The van der Waals surface area contributed by atoms with Gasteiger partial charge in [-0.2, -0.15) is 0 Å². The lowest BCUT2D eigenvalue weighted by Crippen LogP contribution is -2.57. The lowest BCUT2D eigenvalue weighted by Gasteiger charge is -2.60. The number of rotatable bonds is 0. The average molecular weight is 288 g/mol. The maximum atomic E-state index is 6.55. The molecule has 0 bridgehead atoms. The fraction of sp³-hybridized carbons (Fsp3) is 1.00. The van der Waals surface area contributed by atoms with Gasteiger partial charge in [0.05, 0.1) is 5.60 Å². The third-order valence-electron chi connectivity index (χ3n) is 10.1. The lowest BCUT2D eigenvalue weighted by molar-refractivity contribution is -0.143. The van der Waals surface area contributed by atoms with E-state index in [-0.39, 0.29) is 11.2 Å². The van der Waals surface area contributed by atoms with Crippen LogP contribution in [0.4, 0.5) is 0 Å². The van der Waals surface area contributed by atoms with Gasteiger partial charge in [0.25, 0.3) is 0 Å². The van der Waals surface area contributed by atoms with Gasteiger partial charge in [0, 0.05) is 5.41 Å². The maximum absolute atomic E-state index is 6.55. The standard InChI is InChI=1S/C20H32O/c1-14-7-6-8-15(2)10-12-20-16(3,9-11-19(14,15)20)13-17(4)18(20,5)21-17/h14H,6-13H2,1-5H3/t14-,15+,16-,17-,18-,19+,20-/m1/s1. The van der Waals surface area contributed by atoms with Gasteiger partial charge in [0.15, 0.2) is 0 Å². The van der Waals surface area contributed by atoms with Gasteiger partial charge in [-0.05, 0) is 74.5 Å². The summed E-state index contributed by atoms with van der Waals surface area (Å²) in [5.74, 6) is 0.893. The minimum absolute atomic E-state index is 0.175. The van der Waals surface area contributed by atoms with E-state index >= 15 is 0 Å². The molecule has 5 rings (SSSR count). The van der Waals surface area contributed by atoms with Crippen molar-refractivity contribution in [2.45, 2.75) is 97.2 Å². The third kappa shape index (κ3) is 0.958. The molecule has 7 atom stereocenters. The van der Waals surface area contributed by atoms with Gasteiger partial charge in [0.1, 0.15) is 5.60 Å². The predicted octanol–water partition coefficient (Wildman–Crippen LogP) is 5.33. The molecule has 0 amide bonds. The second kappa shape index (κ2) is 3.12. The van der Waals surface area contributed by atoms with Gasteiger partial charge in [-0.15, -0.1) is 0 Å². The normalized spacial score (nSPS) is 71.0. The summed E-state index contributed by atoms with van der Waals surface area (Å²) < 4.78 is 6.55. The molecular weight excluding hydrogens is 256 g/mol. The van der Waals surface area contributed by atoms with Crippen LogP contribution in [0.5, 0.6) is 0 Å². The molecule has 4 saturated carbocycles. The maximum Gasteiger partial charge on any atom is 0.102 e. The highest BCUT2D eigenvalue weighted by atomic mass is 16.6. The summed E-state index contributed by atoms with van der Waals surface area (Å²) in [7, 11) is 0. The highest BCUT2D eigenvalue weighted by Gasteiger charge is 2.92. The Kier molecular flexibility index (Phi) is 1.99. The summed E-state index contributed by atoms with van der Waals surface area (Å²) >= 11 is 0. The Morgan fingerprint density at radius 3 is 2.33 bits per heavy atom. The molecular formula is C20H32O. The van der Waals surface area contributed by atoms with Crippen molar-refractivity contribution in [3.63, 3.8) is 0 Å². The van der Waals surface area contributed by atoms with E-state index in [9.17, 15) is 0 Å². The molecule has 0 radical (unpaired) electrons. The SMILES string of the molecule is C[C@@H]1CCC[C@@]2(C)CC[C@]34[C@](C)(CC[C@]123)C[C@@]1(C)O[C@@]41C. The van der Waals surface area contributed by atoms with Crippen LogP contribution in [-0.4, -0.2) is 11.2 Å². The molecule has 1 heteroatoms. The molecule has 1 aliphatic heterocycles. The minimum atomic E-state index is 0.175. The van der Waals surface area contributed by atoms with Crippen LogP contribution in [0.1, 0.15) is 86.0 Å². The topological polar surface area (TPSA) is 12.5 Å². The number of hydrogen-bond acceptors (Lipinski definition) is 1. The van der Waals surface area contributed by atoms with Crippen LogP contribution in [-0.2, 0) is 4.74 Å². The van der Waals surface area contributed by atoms with Crippen LogP contribution in [0.15, 0.2) is 0 Å². The summed E-state index contributed by atoms with van der Waals surface area (Å²) in [6.07, 6.45) is 11.6. The van der Waals surface area contributed by atoms with E-state index in [1.165, 1.54) is 51.4 Å². The molecule has 0 unspecified atom stereocenters. The van der Waals surface area contributed by atoms with E-state index in [0.29, 0.717) is 21.7 Å². The zero-order valence-corrected chi connectivity index (χ0v) is 14.6. The van der Waals surface area contributed by atoms with E-state index < -0.39 is 0 Å². The van der Waals surface area contributed by atoms with Crippen LogP contribution < -0.4 is 0 Å². The molecule has 0 N–H and O–H groups in total. The lowest BCUT2D eigenvalue weighted by atomic mass is 9.44. The first-order valence-corrected chi connectivity index (χ1v) is 9.41. The summed E-state index contributed by atoms with van der Waals surface area (Å²) in [5.41, 5.74) is 2.53. The molecule has 21 heavy (non-hydrogen) atoms. The van der Waals surface area contributed by atoms with E-state index in [1.807, 2.05) is 0 Å². The Labute approximate surface area is 130 Å². The number of epoxide rings is 1. The zero-order chi connectivity index (χ0) is 14.9. The first kappa shape index (κ1) is 13.4. The first-order chi connectivity index (χ1) is 9.71. The molecule has 118 valence electrons. The highest BCUT2D eigenvalue weighted by molar-refractivity contribution is 5.40. The fourth-order valence-electron chi connectivity index (χ4n) is 9.51. The first-order valence-electron chi connectivity index (χ1n) is 9.41. The molecule has 0 aromatic rings. The van der Waals surface area contributed by atoms with Crippen molar-refractivity contribution in [2.24, 2.45) is 27.6 Å². The van der Waals surface area contributed by atoms with Crippen LogP contribution in [0, 0.1) is 27.6 Å². The van der Waals surface area contributed by atoms with Crippen molar-refractivity contribution in [2.75, 3.05) is 0 Å². The molecule has 0 aromatic heterocycles. The summed E-state index contributed by atoms with van der Waals surface area (Å²) in [4.78, 5) is 0. The van der Waals surface area contributed by atoms with Crippen LogP contribution >= 0.6 is 0 Å². The zero-order valence-electron chi connectivity index (χ0n) is 14.6. The Morgan fingerprint density at radius 1 is 0.857 bits per heavy atom. The molecule has 2 spiro atoms. The van der Waals surface area contributed by atoms with Crippen molar-refractivity contribution in [3.05, 3.63) is 0 Å². The monoisotopic (exact) mass is 288 g/mol. The average Bonchev–Trinajstić information content (AvgIpc) is 2.67. The Balaban J connectivity index is 1.80. The van der Waals surface area contributed by atoms with Crippen molar-refractivity contribution >= 4 is 0 Å². The van der Waals surface area contributed by atoms with Gasteiger partial charge in [0.2, 0.25) is 0 Å². The molecule has 5 aliphatic rings. The molecule has 4 aliphatic carbocycles. The minimum Gasteiger partial charge on any atom is -0.362 e. The number of hydrogen-bond donors (Lipinski definition) is 0. The molecule has 0 aromatic carbocycles. The summed E-state index contributed by atoms with van der Waals surface area (Å²) in [6, 6.07) is 0. The molecule has 5 fully saturated rings. The quantitative estimate of drug-likeness (QED) is 0.549. The van der Waals surface area contributed by atoms with E-state index in [0.717, 1.165) is 5.92 Å². The van der Waals surface area contributed by atoms with E-state index in [2.05, 4.69) is 34.6 Å². The van der Waals surface area contributed by atoms with Crippen molar-refractivity contribution in [1.29, 1.82) is 0 Å². The second-order valence-corrected chi connectivity index (χ2v) is 10.3. The van der Waals surface area contributed by atoms with Crippen molar-refractivity contribution < 1.29 is 4.74 Å². The smallest absolute Gasteiger partial charge is 0.102 e. The van der Waals surface area contributed by atoms with Gasteiger partial charge >= 0.3 is 0 Å².